The molecule has 0 saturated heterocycles. The summed E-state index contributed by atoms with van der Waals surface area (Å²) in [4.78, 5) is 0. The summed E-state index contributed by atoms with van der Waals surface area (Å²) in [6.07, 6.45) is 0.951. The highest BCUT2D eigenvalue weighted by Gasteiger charge is 2.16. The fraction of sp³-hybridized carbons (Fsp3) is 0.818. The van der Waals surface area contributed by atoms with Gasteiger partial charge >= 0.3 is 0 Å². The van der Waals surface area contributed by atoms with Crippen molar-refractivity contribution in [2.75, 3.05) is 0 Å². The Labute approximate surface area is 96.9 Å². The van der Waals surface area contributed by atoms with Gasteiger partial charge in [-0.05, 0) is 23.6 Å². The maximum atomic E-state index is 5.23. The lowest BCUT2D eigenvalue weighted by Crippen LogP contribution is -2.16. The second-order valence-corrected chi connectivity index (χ2v) is 6.07. The molecular formula is C11H21N3S. The summed E-state index contributed by atoms with van der Waals surface area (Å²) in [6.45, 7) is 12.0. The van der Waals surface area contributed by atoms with Crippen molar-refractivity contribution < 1.29 is 0 Å². The number of aromatic nitrogens is 3. The third-order valence-corrected chi connectivity index (χ3v) is 2.39. The van der Waals surface area contributed by atoms with Crippen LogP contribution in [0.2, 0.25) is 0 Å². The third-order valence-electron chi connectivity index (χ3n) is 2.07. The number of rotatable bonds is 3. The molecule has 1 heterocycles. The smallest absolute Gasteiger partial charge is 0.195 e. The molecule has 1 N–H and O–H groups in total. The first-order valence-electron chi connectivity index (χ1n) is 5.43. The van der Waals surface area contributed by atoms with Gasteiger partial charge in [-0.15, -0.1) is 0 Å². The van der Waals surface area contributed by atoms with E-state index in [9.17, 15) is 0 Å². The molecule has 0 atom stereocenters. The second kappa shape index (κ2) is 4.47. The van der Waals surface area contributed by atoms with Crippen LogP contribution in [0, 0.1) is 16.1 Å². The molecule has 0 aliphatic rings. The molecule has 0 fully saturated rings. The van der Waals surface area contributed by atoms with Crippen molar-refractivity contribution in [2.24, 2.45) is 11.3 Å². The number of nitrogens with zero attached hydrogens (tertiary/aromatic N) is 2. The van der Waals surface area contributed by atoms with E-state index in [1.807, 2.05) is 0 Å². The Bertz CT molecular complexity index is 368. The van der Waals surface area contributed by atoms with Crippen LogP contribution in [0.25, 0.3) is 0 Å². The Morgan fingerprint density at radius 2 is 2.00 bits per heavy atom. The largest absolute Gasteiger partial charge is 0.304 e. The minimum absolute atomic E-state index is 0.246. The van der Waals surface area contributed by atoms with E-state index < -0.39 is 0 Å². The van der Waals surface area contributed by atoms with E-state index in [0.717, 1.165) is 23.6 Å². The van der Waals surface area contributed by atoms with E-state index in [0.29, 0.717) is 5.92 Å². The molecule has 1 aromatic heterocycles. The van der Waals surface area contributed by atoms with Gasteiger partial charge < -0.3 is 4.57 Å². The van der Waals surface area contributed by atoms with Crippen molar-refractivity contribution in [1.82, 2.24) is 14.8 Å². The molecule has 0 saturated carbocycles. The van der Waals surface area contributed by atoms with Gasteiger partial charge in [0.2, 0.25) is 0 Å². The molecule has 3 nitrogen and oxygen atoms in total. The summed E-state index contributed by atoms with van der Waals surface area (Å²) in [5.41, 5.74) is 0.246. The van der Waals surface area contributed by atoms with Crippen LogP contribution in [0.15, 0.2) is 0 Å². The predicted molar refractivity (Wildman–Crippen MR) is 65.4 cm³/mol. The summed E-state index contributed by atoms with van der Waals surface area (Å²) >= 11 is 5.23. The number of H-pyrrole nitrogens is 1. The van der Waals surface area contributed by atoms with Gasteiger partial charge in [0.15, 0.2) is 4.77 Å². The van der Waals surface area contributed by atoms with E-state index in [1.54, 1.807) is 0 Å². The number of hydrogen-bond acceptors (Lipinski definition) is 2. The highest BCUT2D eigenvalue weighted by Crippen LogP contribution is 2.19. The first-order chi connectivity index (χ1) is 6.79. The Kier molecular flexibility index (Phi) is 3.71. The molecule has 15 heavy (non-hydrogen) atoms. The van der Waals surface area contributed by atoms with E-state index >= 15 is 0 Å². The van der Waals surface area contributed by atoms with Crippen molar-refractivity contribution in [2.45, 2.75) is 47.6 Å². The zero-order valence-corrected chi connectivity index (χ0v) is 11.1. The molecule has 0 spiro atoms. The summed E-state index contributed by atoms with van der Waals surface area (Å²) in [5.74, 6) is 1.66. The van der Waals surface area contributed by atoms with E-state index in [2.05, 4.69) is 49.4 Å². The standard InChI is InChI=1S/C11H21N3S/c1-8(2)7-14-9(6-11(3,4)5)12-13-10(14)15/h8H,6-7H2,1-5H3,(H,13,15). The van der Waals surface area contributed by atoms with Crippen LogP contribution in [-0.4, -0.2) is 14.8 Å². The Morgan fingerprint density at radius 3 is 2.47 bits per heavy atom. The van der Waals surface area contributed by atoms with Gasteiger partial charge in [-0.3, -0.25) is 5.10 Å². The van der Waals surface area contributed by atoms with Gasteiger partial charge in [0.1, 0.15) is 5.82 Å². The molecule has 0 aliphatic heterocycles. The zero-order chi connectivity index (χ0) is 11.6. The number of nitrogens with one attached hydrogen (secondary N) is 1. The fourth-order valence-corrected chi connectivity index (χ4v) is 1.74. The zero-order valence-electron chi connectivity index (χ0n) is 10.3. The van der Waals surface area contributed by atoms with Crippen LogP contribution in [0.4, 0.5) is 0 Å². The lowest BCUT2D eigenvalue weighted by atomic mass is 9.92. The van der Waals surface area contributed by atoms with Crippen LogP contribution in [0.1, 0.15) is 40.4 Å². The molecule has 0 aromatic carbocycles. The lowest BCUT2D eigenvalue weighted by molar-refractivity contribution is 0.383. The molecule has 4 heteroatoms. The molecule has 86 valence electrons. The molecule has 0 bridgehead atoms. The SMILES string of the molecule is CC(C)Cn1c(CC(C)(C)C)n[nH]c1=S. The summed E-state index contributed by atoms with van der Waals surface area (Å²) in [6, 6.07) is 0. The first kappa shape index (κ1) is 12.4. The van der Waals surface area contributed by atoms with Crippen molar-refractivity contribution >= 4 is 12.2 Å². The van der Waals surface area contributed by atoms with Crippen molar-refractivity contribution in [3.63, 3.8) is 0 Å². The third kappa shape index (κ3) is 3.78. The van der Waals surface area contributed by atoms with Crippen LogP contribution in [-0.2, 0) is 13.0 Å². The number of hydrogen-bond donors (Lipinski definition) is 1. The Morgan fingerprint density at radius 1 is 1.40 bits per heavy atom. The molecule has 0 unspecified atom stereocenters. The Balaban J connectivity index is 2.94. The maximum Gasteiger partial charge on any atom is 0.195 e. The van der Waals surface area contributed by atoms with Gasteiger partial charge in [-0.25, -0.2) is 0 Å². The van der Waals surface area contributed by atoms with Crippen LogP contribution < -0.4 is 0 Å². The average molecular weight is 227 g/mol. The lowest BCUT2D eigenvalue weighted by Gasteiger charge is -2.18. The number of aromatic amines is 1. The normalized spacial score (nSPS) is 12.4. The van der Waals surface area contributed by atoms with Crippen LogP contribution >= 0.6 is 12.2 Å². The monoisotopic (exact) mass is 227 g/mol. The van der Waals surface area contributed by atoms with E-state index in [-0.39, 0.29) is 5.41 Å². The van der Waals surface area contributed by atoms with Crippen molar-refractivity contribution in [3.8, 4) is 0 Å². The van der Waals surface area contributed by atoms with Gasteiger partial charge in [-0.1, -0.05) is 34.6 Å². The highest BCUT2D eigenvalue weighted by molar-refractivity contribution is 7.71. The molecular weight excluding hydrogens is 206 g/mol. The predicted octanol–water partition coefficient (Wildman–Crippen LogP) is 3.19. The second-order valence-electron chi connectivity index (χ2n) is 5.69. The molecule has 0 amide bonds. The van der Waals surface area contributed by atoms with E-state index in [4.69, 9.17) is 12.2 Å². The van der Waals surface area contributed by atoms with Crippen LogP contribution in [0.5, 0.6) is 0 Å². The van der Waals surface area contributed by atoms with Gasteiger partial charge in [0.05, 0.1) is 0 Å². The molecule has 0 aliphatic carbocycles. The topological polar surface area (TPSA) is 33.6 Å². The highest BCUT2D eigenvalue weighted by atomic mass is 32.1. The van der Waals surface area contributed by atoms with Gasteiger partial charge in [0, 0.05) is 13.0 Å². The Hall–Kier alpha value is -0.640. The van der Waals surface area contributed by atoms with Crippen LogP contribution in [0.3, 0.4) is 0 Å². The van der Waals surface area contributed by atoms with Gasteiger partial charge in [-0.2, -0.15) is 5.10 Å². The minimum atomic E-state index is 0.246. The first-order valence-corrected chi connectivity index (χ1v) is 5.84. The molecule has 1 rings (SSSR count). The molecule has 1 aromatic rings. The van der Waals surface area contributed by atoms with E-state index in [1.165, 1.54) is 0 Å². The minimum Gasteiger partial charge on any atom is -0.304 e. The quantitative estimate of drug-likeness (QED) is 0.805. The average Bonchev–Trinajstić information content (AvgIpc) is 2.32. The molecule has 0 radical (unpaired) electrons. The maximum absolute atomic E-state index is 5.23. The fourth-order valence-electron chi connectivity index (χ4n) is 1.51. The summed E-state index contributed by atoms with van der Waals surface area (Å²) < 4.78 is 2.86. The van der Waals surface area contributed by atoms with Crippen molar-refractivity contribution in [1.29, 1.82) is 0 Å². The summed E-state index contributed by atoms with van der Waals surface area (Å²) in [5, 5.41) is 7.18. The summed E-state index contributed by atoms with van der Waals surface area (Å²) in [7, 11) is 0. The van der Waals surface area contributed by atoms with Crippen molar-refractivity contribution in [3.05, 3.63) is 10.6 Å². The van der Waals surface area contributed by atoms with Gasteiger partial charge in [0.25, 0.3) is 0 Å².